The van der Waals surface area contributed by atoms with E-state index in [2.05, 4.69) is 43.0 Å². The van der Waals surface area contributed by atoms with Crippen molar-refractivity contribution in [2.24, 2.45) is 11.7 Å². The molecule has 0 spiro atoms. The van der Waals surface area contributed by atoms with Gasteiger partial charge in [-0.15, -0.1) is 0 Å². The van der Waals surface area contributed by atoms with Crippen LogP contribution in [0.3, 0.4) is 0 Å². The molecule has 0 bridgehead atoms. The highest BCUT2D eigenvalue weighted by molar-refractivity contribution is 5.24. The number of hydrogen-bond acceptors (Lipinski definition) is 2. The lowest BCUT2D eigenvalue weighted by Crippen LogP contribution is -2.38. The molecule has 2 N–H and O–H groups in total. The van der Waals surface area contributed by atoms with Gasteiger partial charge in [0.1, 0.15) is 0 Å². The Morgan fingerprint density at radius 1 is 1.24 bits per heavy atom. The van der Waals surface area contributed by atoms with Crippen LogP contribution in [0.4, 0.5) is 0 Å². The van der Waals surface area contributed by atoms with Crippen molar-refractivity contribution in [3.8, 4) is 0 Å². The van der Waals surface area contributed by atoms with E-state index in [-0.39, 0.29) is 6.04 Å². The number of rotatable bonds is 3. The zero-order chi connectivity index (χ0) is 12.3. The standard InChI is InChI=1S/C15H24N2/c1-12-3-5-14(6-4-12)15(16)11-17-9-7-13(2)8-10-17/h3-6,13,15H,7-11,16H2,1-2H3. The van der Waals surface area contributed by atoms with E-state index in [1.54, 1.807) is 0 Å². The van der Waals surface area contributed by atoms with Gasteiger partial charge in [0, 0.05) is 12.6 Å². The van der Waals surface area contributed by atoms with Gasteiger partial charge in [0.15, 0.2) is 0 Å². The van der Waals surface area contributed by atoms with Crippen LogP contribution < -0.4 is 5.73 Å². The SMILES string of the molecule is Cc1ccc(C(N)CN2CCC(C)CC2)cc1. The summed E-state index contributed by atoms with van der Waals surface area (Å²) >= 11 is 0. The Morgan fingerprint density at radius 2 is 1.82 bits per heavy atom. The van der Waals surface area contributed by atoms with E-state index in [0.717, 1.165) is 12.5 Å². The predicted octanol–water partition coefficient (Wildman–Crippen LogP) is 2.73. The van der Waals surface area contributed by atoms with Crippen LogP contribution in [0.2, 0.25) is 0 Å². The van der Waals surface area contributed by atoms with Crippen LogP contribution in [-0.4, -0.2) is 24.5 Å². The summed E-state index contributed by atoms with van der Waals surface area (Å²) < 4.78 is 0. The van der Waals surface area contributed by atoms with Gasteiger partial charge in [0.2, 0.25) is 0 Å². The molecule has 0 radical (unpaired) electrons. The van der Waals surface area contributed by atoms with E-state index in [0.29, 0.717) is 0 Å². The molecule has 1 unspecified atom stereocenters. The van der Waals surface area contributed by atoms with E-state index in [1.807, 2.05) is 0 Å². The van der Waals surface area contributed by atoms with Gasteiger partial charge in [-0.3, -0.25) is 0 Å². The lowest BCUT2D eigenvalue weighted by Gasteiger charge is -2.32. The third-order valence-electron chi connectivity index (χ3n) is 3.84. The molecule has 2 heteroatoms. The highest BCUT2D eigenvalue weighted by Crippen LogP contribution is 2.19. The topological polar surface area (TPSA) is 29.3 Å². The quantitative estimate of drug-likeness (QED) is 0.868. The number of aryl methyl sites for hydroxylation is 1. The van der Waals surface area contributed by atoms with Crippen molar-refractivity contribution in [3.63, 3.8) is 0 Å². The summed E-state index contributed by atoms with van der Waals surface area (Å²) in [6, 6.07) is 8.77. The van der Waals surface area contributed by atoms with E-state index in [1.165, 1.54) is 37.1 Å². The fourth-order valence-electron chi connectivity index (χ4n) is 2.44. The molecular weight excluding hydrogens is 208 g/mol. The average molecular weight is 232 g/mol. The Hall–Kier alpha value is -0.860. The van der Waals surface area contributed by atoms with Crippen LogP contribution in [0, 0.1) is 12.8 Å². The van der Waals surface area contributed by atoms with E-state index < -0.39 is 0 Å². The minimum Gasteiger partial charge on any atom is -0.323 e. The summed E-state index contributed by atoms with van der Waals surface area (Å²) in [5.41, 5.74) is 8.83. The lowest BCUT2D eigenvalue weighted by atomic mass is 9.98. The summed E-state index contributed by atoms with van der Waals surface area (Å²) in [6.45, 7) is 7.87. The van der Waals surface area contributed by atoms with Crippen molar-refractivity contribution in [1.29, 1.82) is 0 Å². The first-order valence-corrected chi connectivity index (χ1v) is 6.69. The van der Waals surface area contributed by atoms with Crippen molar-refractivity contribution in [2.45, 2.75) is 32.7 Å². The largest absolute Gasteiger partial charge is 0.323 e. The zero-order valence-electron chi connectivity index (χ0n) is 11.0. The average Bonchev–Trinajstić information content (AvgIpc) is 2.33. The molecule has 0 aliphatic carbocycles. The monoisotopic (exact) mass is 232 g/mol. The Bertz CT molecular complexity index is 336. The number of benzene rings is 1. The Kier molecular flexibility index (Phi) is 4.19. The number of piperidine rings is 1. The summed E-state index contributed by atoms with van der Waals surface area (Å²) in [6.07, 6.45) is 2.64. The molecule has 94 valence electrons. The molecule has 1 aromatic rings. The smallest absolute Gasteiger partial charge is 0.0424 e. The second-order valence-corrected chi connectivity index (χ2v) is 5.50. The summed E-state index contributed by atoms with van der Waals surface area (Å²) in [5, 5.41) is 0. The number of hydrogen-bond donors (Lipinski definition) is 1. The molecule has 0 aromatic heterocycles. The van der Waals surface area contributed by atoms with Crippen LogP contribution in [0.25, 0.3) is 0 Å². The first-order valence-electron chi connectivity index (χ1n) is 6.69. The van der Waals surface area contributed by atoms with Gasteiger partial charge < -0.3 is 10.6 Å². The van der Waals surface area contributed by atoms with Gasteiger partial charge in [0.05, 0.1) is 0 Å². The maximum atomic E-state index is 6.27. The molecule has 1 saturated heterocycles. The molecule has 1 atom stereocenters. The Labute approximate surface area is 105 Å². The van der Waals surface area contributed by atoms with Crippen LogP contribution in [-0.2, 0) is 0 Å². The summed E-state index contributed by atoms with van der Waals surface area (Å²) in [4.78, 5) is 2.50. The second-order valence-electron chi connectivity index (χ2n) is 5.50. The van der Waals surface area contributed by atoms with Crippen LogP contribution >= 0.6 is 0 Å². The van der Waals surface area contributed by atoms with Crippen LogP contribution in [0.15, 0.2) is 24.3 Å². The molecule has 1 aromatic carbocycles. The van der Waals surface area contributed by atoms with Gasteiger partial charge in [-0.25, -0.2) is 0 Å². The molecule has 0 saturated carbocycles. The molecule has 2 rings (SSSR count). The molecule has 1 heterocycles. The van der Waals surface area contributed by atoms with Crippen molar-refractivity contribution in [2.75, 3.05) is 19.6 Å². The normalized spacial score (nSPS) is 20.4. The number of likely N-dealkylation sites (tertiary alicyclic amines) is 1. The minimum atomic E-state index is 0.156. The fourth-order valence-corrected chi connectivity index (χ4v) is 2.44. The van der Waals surface area contributed by atoms with Crippen LogP contribution in [0.1, 0.15) is 36.9 Å². The molecule has 0 amide bonds. The van der Waals surface area contributed by atoms with Crippen molar-refractivity contribution in [3.05, 3.63) is 35.4 Å². The van der Waals surface area contributed by atoms with Crippen molar-refractivity contribution < 1.29 is 0 Å². The third kappa shape index (κ3) is 3.55. The minimum absolute atomic E-state index is 0.156. The van der Waals surface area contributed by atoms with E-state index in [9.17, 15) is 0 Å². The summed E-state index contributed by atoms with van der Waals surface area (Å²) in [7, 11) is 0. The molecular formula is C15H24N2. The van der Waals surface area contributed by atoms with Crippen LogP contribution in [0.5, 0.6) is 0 Å². The molecule has 1 aliphatic heterocycles. The van der Waals surface area contributed by atoms with Gasteiger partial charge in [0.25, 0.3) is 0 Å². The second kappa shape index (κ2) is 5.65. The van der Waals surface area contributed by atoms with E-state index in [4.69, 9.17) is 5.73 Å². The number of nitrogens with zero attached hydrogens (tertiary/aromatic N) is 1. The molecule has 1 aliphatic rings. The fraction of sp³-hybridized carbons (Fsp3) is 0.600. The lowest BCUT2D eigenvalue weighted by molar-refractivity contribution is 0.183. The number of nitrogens with two attached hydrogens (primary N) is 1. The third-order valence-corrected chi connectivity index (χ3v) is 3.84. The Balaban J connectivity index is 1.88. The van der Waals surface area contributed by atoms with Gasteiger partial charge in [-0.1, -0.05) is 36.8 Å². The maximum Gasteiger partial charge on any atom is 0.0424 e. The predicted molar refractivity (Wildman–Crippen MR) is 72.9 cm³/mol. The zero-order valence-corrected chi connectivity index (χ0v) is 11.0. The highest BCUT2D eigenvalue weighted by Gasteiger charge is 2.18. The van der Waals surface area contributed by atoms with Crippen molar-refractivity contribution >= 4 is 0 Å². The summed E-state index contributed by atoms with van der Waals surface area (Å²) in [5.74, 6) is 0.891. The molecule has 1 fully saturated rings. The Morgan fingerprint density at radius 3 is 2.41 bits per heavy atom. The first-order chi connectivity index (χ1) is 8.15. The van der Waals surface area contributed by atoms with Gasteiger partial charge in [-0.05, 0) is 44.3 Å². The van der Waals surface area contributed by atoms with Gasteiger partial charge in [-0.2, -0.15) is 0 Å². The van der Waals surface area contributed by atoms with E-state index >= 15 is 0 Å². The molecule has 2 nitrogen and oxygen atoms in total. The van der Waals surface area contributed by atoms with Gasteiger partial charge >= 0.3 is 0 Å². The highest BCUT2D eigenvalue weighted by atomic mass is 15.1. The maximum absolute atomic E-state index is 6.27. The van der Waals surface area contributed by atoms with Crippen molar-refractivity contribution in [1.82, 2.24) is 4.90 Å². The first kappa shape index (κ1) is 12.6. The molecule has 17 heavy (non-hydrogen) atoms.